The molecule has 0 amide bonds. The Labute approximate surface area is 255 Å². The molecular weight excluding hydrogens is 673 g/mol. The van der Waals surface area contributed by atoms with Gasteiger partial charge in [-0.25, -0.2) is 4.98 Å². The van der Waals surface area contributed by atoms with Crippen molar-refractivity contribution < 1.29 is 13.2 Å². The maximum absolute atomic E-state index is 13.7. The number of rotatable bonds is 5. The number of halogens is 5. The highest BCUT2D eigenvalue weighted by Gasteiger charge is 2.31. The van der Waals surface area contributed by atoms with E-state index in [0.717, 1.165) is 53.5 Å². The second-order valence-corrected chi connectivity index (χ2v) is 11.5. The van der Waals surface area contributed by atoms with Gasteiger partial charge in [0.1, 0.15) is 0 Å². The Morgan fingerprint density at radius 2 is 1.64 bits per heavy atom. The highest BCUT2D eigenvalue weighted by Crippen LogP contribution is 2.32. The third-order valence-electron chi connectivity index (χ3n) is 7.13. The number of fused-ring (bicyclic) bond motifs is 2. The van der Waals surface area contributed by atoms with E-state index < -0.39 is 17.3 Å². The summed E-state index contributed by atoms with van der Waals surface area (Å²) >= 11 is 7.15. The first-order chi connectivity index (χ1) is 20.1. The van der Waals surface area contributed by atoms with Gasteiger partial charge in [-0.15, -0.1) is 0 Å². The quantitative estimate of drug-likeness (QED) is 0.170. The fraction of sp³-hybridized carbons (Fsp3) is 0.0938. The summed E-state index contributed by atoms with van der Waals surface area (Å²) in [5.41, 5.74) is 2.94. The molecule has 10 heteroatoms. The van der Waals surface area contributed by atoms with Gasteiger partial charge >= 0.3 is 6.18 Å². The van der Waals surface area contributed by atoms with Gasteiger partial charge in [0.25, 0.3) is 5.56 Å². The molecule has 42 heavy (non-hydrogen) atoms. The molecule has 0 N–H and O–H groups in total. The number of benzene rings is 4. The molecule has 2 heterocycles. The fourth-order valence-electron chi connectivity index (χ4n) is 5.01. The molecule has 0 unspecified atom stereocenters. The topological polar surface area (TPSA) is 52.2 Å². The predicted molar refractivity (Wildman–Crippen MR) is 167 cm³/mol. The Morgan fingerprint density at radius 1 is 0.905 bits per heavy atom. The molecule has 6 aromatic rings. The average Bonchev–Trinajstić information content (AvgIpc) is 3.23. The van der Waals surface area contributed by atoms with Crippen molar-refractivity contribution >= 4 is 59.9 Å². The smallest absolute Gasteiger partial charge is 0.340 e. The van der Waals surface area contributed by atoms with Gasteiger partial charge in [0.15, 0.2) is 5.82 Å². The SMILES string of the molecule is Cc1c(C=Nn2c(-c3cccc(C(F)(F)F)c3)nc3ccccc3c2=O)c2ccccc2n1Cc1ccc(Br)cc1Br. The van der Waals surface area contributed by atoms with Crippen molar-refractivity contribution in [2.75, 3.05) is 0 Å². The minimum atomic E-state index is -4.55. The normalized spacial score (nSPS) is 12.1. The third-order valence-corrected chi connectivity index (χ3v) is 8.36. The van der Waals surface area contributed by atoms with Crippen LogP contribution in [0.4, 0.5) is 13.2 Å². The first-order valence-electron chi connectivity index (χ1n) is 12.9. The summed E-state index contributed by atoms with van der Waals surface area (Å²) in [5.74, 6) is 0.0150. The Morgan fingerprint density at radius 3 is 2.40 bits per heavy atom. The number of alkyl halides is 3. The van der Waals surface area contributed by atoms with Crippen LogP contribution in [0.3, 0.4) is 0 Å². The maximum atomic E-state index is 13.7. The van der Waals surface area contributed by atoms with Gasteiger partial charge in [0.05, 0.1) is 22.7 Å². The van der Waals surface area contributed by atoms with Crippen LogP contribution in [0.5, 0.6) is 0 Å². The van der Waals surface area contributed by atoms with Crippen molar-refractivity contribution in [3.63, 3.8) is 0 Å². The molecule has 2 aromatic heterocycles. The molecule has 0 aliphatic heterocycles. The molecular formula is C32H21Br2F3N4O. The van der Waals surface area contributed by atoms with Crippen LogP contribution in [0, 0.1) is 6.92 Å². The second kappa shape index (κ2) is 11.0. The lowest BCUT2D eigenvalue weighted by Gasteiger charge is -2.12. The lowest BCUT2D eigenvalue weighted by molar-refractivity contribution is -0.137. The van der Waals surface area contributed by atoms with Crippen LogP contribution >= 0.6 is 31.9 Å². The Balaban J connectivity index is 1.53. The van der Waals surface area contributed by atoms with Crippen molar-refractivity contribution in [1.29, 1.82) is 0 Å². The fourth-order valence-corrected chi connectivity index (χ4v) is 6.18. The predicted octanol–water partition coefficient (Wildman–Crippen LogP) is 8.80. The Hall–Kier alpha value is -4.02. The summed E-state index contributed by atoms with van der Waals surface area (Å²) in [5, 5.41) is 5.80. The lowest BCUT2D eigenvalue weighted by Crippen LogP contribution is -2.20. The zero-order valence-corrected chi connectivity index (χ0v) is 25.2. The standard InChI is InChI=1S/C32H21Br2F3N4O/c1-19-26(24-9-3-5-12-29(24)40(19)18-21-13-14-23(33)16-27(21)34)17-38-41-30(20-7-6-8-22(15-20)32(35,36)37)39-28-11-4-2-10-25(28)31(41)42/h2-17H,18H2,1H3. The minimum absolute atomic E-state index is 0.0150. The van der Waals surface area contributed by atoms with E-state index >= 15 is 0 Å². The average molecular weight is 694 g/mol. The first kappa shape index (κ1) is 28.1. The van der Waals surface area contributed by atoms with Crippen LogP contribution < -0.4 is 5.56 Å². The molecule has 0 aliphatic rings. The minimum Gasteiger partial charge on any atom is -0.340 e. The summed E-state index contributed by atoms with van der Waals surface area (Å²) in [4.78, 5) is 18.2. The number of para-hydroxylation sites is 2. The molecule has 0 atom stereocenters. The van der Waals surface area contributed by atoms with E-state index in [2.05, 4.69) is 46.5 Å². The zero-order valence-electron chi connectivity index (χ0n) is 22.0. The van der Waals surface area contributed by atoms with Gasteiger partial charge in [-0.3, -0.25) is 4.79 Å². The molecule has 210 valence electrons. The highest BCUT2D eigenvalue weighted by atomic mass is 79.9. The number of hydrogen-bond donors (Lipinski definition) is 0. The lowest BCUT2D eigenvalue weighted by atomic mass is 10.1. The van der Waals surface area contributed by atoms with E-state index in [-0.39, 0.29) is 11.4 Å². The van der Waals surface area contributed by atoms with Gasteiger partial charge in [0, 0.05) is 43.2 Å². The van der Waals surface area contributed by atoms with E-state index in [1.54, 1.807) is 30.5 Å². The molecule has 5 nitrogen and oxygen atoms in total. The maximum Gasteiger partial charge on any atom is 0.416 e. The Bertz CT molecular complexity index is 2080. The van der Waals surface area contributed by atoms with Gasteiger partial charge in [-0.2, -0.15) is 22.9 Å². The van der Waals surface area contributed by atoms with E-state index in [1.165, 1.54) is 12.1 Å². The largest absolute Gasteiger partial charge is 0.416 e. The van der Waals surface area contributed by atoms with Crippen molar-refractivity contribution in [3.05, 3.63) is 133 Å². The van der Waals surface area contributed by atoms with E-state index in [4.69, 9.17) is 0 Å². The molecule has 0 aliphatic carbocycles. The second-order valence-electron chi connectivity index (χ2n) is 9.73. The molecule has 4 aromatic carbocycles. The third kappa shape index (κ3) is 5.20. The van der Waals surface area contributed by atoms with Crippen molar-refractivity contribution in [3.8, 4) is 11.4 Å². The van der Waals surface area contributed by atoms with Crippen LogP contribution in [0.25, 0.3) is 33.2 Å². The first-order valence-corrected chi connectivity index (χ1v) is 14.5. The van der Waals surface area contributed by atoms with E-state index in [0.29, 0.717) is 17.4 Å². The van der Waals surface area contributed by atoms with Crippen LogP contribution in [0.15, 0.2) is 110 Å². The highest BCUT2D eigenvalue weighted by molar-refractivity contribution is 9.11. The monoisotopic (exact) mass is 692 g/mol. The van der Waals surface area contributed by atoms with Crippen LogP contribution in [-0.2, 0) is 12.7 Å². The molecule has 0 saturated heterocycles. The van der Waals surface area contributed by atoms with Crippen molar-refractivity contribution in [1.82, 2.24) is 14.2 Å². The van der Waals surface area contributed by atoms with E-state index in [1.807, 2.05) is 49.4 Å². The zero-order chi connectivity index (χ0) is 29.6. The molecule has 0 fully saturated rings. The number of hydrogen-bond acceptors (Lipinski definition) is 3. The summed E-state index contributed by atoms with van der Waals surface area (Å²) in [6.45, 7) is 2.56. The molecule has 0 spiro atoms. The van der Waals surface area contributed by atoms with Crippen LogP contribution in [-0.4, -0.2) is 20.4 Å². The van der Waals surface area contributed by atoms with E-state index in [9.17, 15) is 18.0 Å². The van der Waals surface area contributed by atoms with Gasteiger partial charge in [-0.05, 0) is 55.0 Å². The summed E-state index contributed by atoms with van der Waals surface area (Å²) < 4.78 is 45.8. The molecule has 0 bridgehead atoms. The van der Waals surface area contributed by atoms with Gasteiger partial charge < -0.3 is 4.57 Å². The van der Waals surface area contributed by atoms with Crippen LogP contribution in [0.1, 0.15) is 22.4 Å². The Kier molecular flexibility index (Phi) is 7.36. The number of nitrogens with zero attached hydrogens (tertiary/aromatic N) is 4. The van der Waals surface area contributed by atoms with Gasteiger partial charge in [0.2, 0.25) is 0 Å². The molecule has 6 rings (SSSR count). The van der Waals surface area contributed by atoms with Crippen LogP contribution in [0.2, 0.25) is 0 Å². The molecule has 0 saturated carbocycles. The van der Waals surface area contributed by atoms with Crippen molar-refractivity contribution in [2.24, 2.45) is 5.10 Å². The molecule has 0 radical (unpaired) electrons. The van der Waals surface area contributed by atoms with Crippen molar-refractivity contribution in [2.45, 2.75) is 19.6 Å². The summed E-state index contributed by atoms with van der Waals surface area (Å²) in [6, 6.07) is 25.4. The number of aromatic nitrogens is 3. The summed E-state index contributed by atoms with van der Waals surface area (Å²) in [7, 11) is 0. The van der Waals surface area contributed by atoms with Gasteiger partial charge in [-0.1, -0.05) is 80.4 Å². The summed E-state index contributed by atoms with van der Waals surface area (Å²) in [6.07, 6.45) is -2.97.